The van der Waals surface area contributed by atoms with Gasteiger partial charge in [0.25, 0.3) is 5.91 Å². The number of thiazole rings is 1. The van der Waals surface area contributed by atoms with Crippen molar-refractivity contribution in [3.8, 4) is 11.3 Å². The average molecular weight is 528 g/mol. The van der Waals surface area contributed by atoms with Gasteiger partial charge in [-0.2, -0.15) is 5.10 Å². The molecule has 0 bridgehead atoms. The Morgan fingerprint density at radius 3 is 2.57 bits per heavy atom. The third-order valence-corrected chi connectivity index (χ3v) is 7.18. The molecule has 2 amide bonds. The number of nitrogens with zero attached hydrogens (tertiary/aromatic N) is 4. The molecule has 37 heavy (non-hydrogen) atoms. The molecule has 4 rings (SSSR count). The Labute approximate surface area is 220 Å². The summed E-state index contributed by atoms with van der Waals surface area (Å²) < 4.78 is 17.3. The van der Waals surface area contributed by atoms with Crippen molar-refractivity contribution in [1.82, 2.24) is 19.7 Å². The van der Waals surface area contributed by atoms with Crippen LogP contribution < -0.4 is 5.32 Å². The van der Waals surface area contributed by atoms with E-state index in [1.54, 1.807) is 24.2 Å². The maximum absolute atomic E-state index is 12.9. The van der Waals surface area contributed by atoms with Crippen molar-refractivity contribution >= 4 is 29.0 Å². The van der Waals surface area contributed by atoms with Crippen molar-refractivity contribution in [3.63, 3.8) is 0 Å². The molecule has 1 saturated heterocycles. The Morgan fingerprint density at radius 1 is 1.08 bits per heavy atom. The summed E-state index contributed by atoms with van der Waals surface area (Å²) in [5.41, 5.74) is 2.17. The number of hydrogen-bond donors (Lipinski definition) is 1. The molecule has 198 valence electrons. The van der Waals surface area contributed by atoms with Gasteiger partial charge in [-0.05, 0) is 12.8 Å². The van der Waals surface area contributed by atoms with Crippen LogP contribution in [0.15, 0.2) is 41.8 Å². The Balaban J connectivity index is 1.23. The first-order valence-corrected chi connectivity index (χ1v) is 13.2. The lowest BCUT2D eigenvalue weighted by Crippen LogP contribution is -2.40. The molecule has 1 fully saturated rings. The molecule has 10 nitrogen and oxygen atoms in total. The molecule has 0 atom stereocenters. The predicted molar refractivity (Wildman–Crippen MR) is 141 cm³/mol. The van der Waals surface area contributed by atoms with E-state index in [0.29, 0.717) is 51.0 Å². The largest absolute Gasteiger partial charge is 0.382 e. The number of anilines is 1. The van der Waals surface area contributed by atoms with Gasteiger partial charge >= 0.3 is 0 Å². The van der Waals surface area contributed by atoms with Gasteiger partial charge in [0, 0.05) is 50.2 Å². The summed E-state index contributed by atoms with van der Waals surface area (Å²) in [5.74, 6) is 0.558. The standard InChI is InChI=1S/C26H33N5O5S/c1-30-23(16-21(29-30)19-6-4-3-5-7-19)28-25(33)22-18-37-26(27-22)20-8-10-31(11-9-20)24(32)17-36-15-14-35-13-12-34-2/h3-7,16,18,20H,8-15,17H2,1-2H3,(H,28,33). The Morgan fingerprint density at radius 2 is 1.81 bits per heavy atom. The smallest absolute Gasteiger partial charge is 0.276 e. The molecule has 3 heterocycles. The molecule has 0 radical (unpaired) electrons. The molecule has 0 aliphatic carbocycles. The van der Waals surface area contributed by atoms with E-state index in [4.69, 9.17) is 14.2 Å². The van der Waals surface area contributed by atoms with Crippen LogP contribution in [0, 0.1) is 0 Å². The summed E-state index contributed by atoms with van der Waals surface area (Å²) in [6.07, 6.45) is 1.62. The Hall–Kier alpha value is -3.12. The molecule has 0 unspecified atom stereocenters. The highest BCUT2D eigenvalue weighted by Gasteiger charge is 2.26. The number of methoxy groups -OCH3 is 1. The highest BCUT2D eigenvalue weighted by molar-refractivity contribution is 7.10. The molecular weight excluding hydrogens is 494 g/mol. The lowest BCUT2D eigenvalue weighted by molar-refractivity contribution is -0.137. The van der Waals surface area contributed by atoms with Crippen LogP contribution >= 0.6 is 11.3 Å². The molecule has 1 aliphatic heterocycles. The Bertz CT molecular complexity index is 1160. The number of rotatable bonds is 12. The van der Waals surface area contributed by atoms with Crippen LogP contribution in [0.25, 0.3) is 11.3 Å². The number of benzene rings is 1. The first-order chi connectivity index (χ1) is 18.0. The summed E-state index contributed by atoms with van der Waals surface area (Å²) in [7, 11) is 3.42. The third-order valence-electron chi connectivity index (χ3n) is 6.17. The minimum absolute atomic E-state index is 0.0133. The van der Waals surface area contributed by atoms with Crippen LogP contribution in [0.4, 0.5) is 5.82 Å². The fraction of sp³-hybridized carbons (Fsp3) is 0.462. The molecule has 0 spiro atoms. The fourth-order valence-electron chi connectivity index (χ4n) is 4.08. The van der Waals surface area contributed by atoms with Crippen LogP contribution in [0.2, 0.25) is 0 Å². The second kappa shape index (κ2) is 13.4. The van der Waals surface area contributed by atoms with Crippen LogP contribution in [0.3, 0.4) is 0 Å². The Kier molecular flexibility index (Phi) is 9.78. The number of carbonyl (C=O) groups excluding carboxylic acids is 2. The zero-order valence-corrected chi connectivity index (χ0v) is 22.0. The summed E-state index contributed by atoms with van der Waals surface area (Å²) in [6.45, 7) is 3.22. The van der Waals surface area contributed by atoms with Crippen LogP contribution in [-0.4, -0.2) is 84.7 Å². The fourth-order valence-corrected chi connectivity index (χ4v) is 5.05. The zero-order chi connectivity index (χ0) is 26.0. The minimum atomic E-state index is -0.263. The van der Waals surface area contributed by atoms with E-state index in [2.05, 4.69) is 15.4 Å². The number of aromatic nitrogens is 3. The molecule has 1 aliphatic rings. The van der Waals surface area contributed by atoms with E-state index in [0.717, 1.165) is 29.1 Å². The van der Waals surface area contributed by atoms with Gasteiger partial charge in [-0.1, -0.05) is 30.3 Å². The van der Waals surface area contributed by atoms with Crippen LogP contribution in [0.1, 0.15) is 34.3 Å². The number of likely N-dealkylation sites (tertiary alicyclic amines) is 1. The predicted octanol–water partition coefficient (Wildman–Crippen LogP) is 3.18. The van der Waals surface area contributed by atoms with E-state index < -0.39 is 0 Å². The van der Waals surface area contributed by atoms with Crippen LogP contribution in [-0.2, 0) is 26.1 Å². The number of hydrogen-bond acceptors (Lipinski definition) is 8. The number of nitrogens with one attached hydrogen (secondary N) is 1. The van der Waals surface area contributed by atoms with E-state index in [1.807, 2.05) is 41.3 Å². The summed E-state index contributed by atoms with van der Waals surface area (Å²) >= 11 is 1.49. The van der Waals surface area contributed by atoms with Gasteiger partial charge in [0.15, 0.2) is 0 Å². The average Bonchev–Trinajstić information content (AvgIpc) is 3.56. The molecule has 1 N–H and O–H groups in total. The van der Waals surface area contributed by atoms with Crippen molar-refractivity contribution in [2.75, 3.05) is 58.6 Å². The monoisotopic (exact) mass is 527 g/mol. The number of piperidine rings is 1. The second-order valence-electron chi connectivity index (χ2n) is 8.74. The number of ether oxygens (including phenoxy) is 3. The SMILES string of the molecule is COCCOCCOCC(=O)N1CCC(c2nc(C(=O)Nc3cc(-c4ccccc4)nn3C)cs2)CC1. The van der Waals surface area contributed by atoms with Gasteiger partial charge in [-0.25, -0.2) is 4.98 Å². The first kappa shape index (κ1) is 26.9. The maximum atomic E-state index is 12.9. The molecule has 1 aromatic carbocycles. The minimum Gasteiger partial charge on any atom is -0.382 e. The van der Waals surface area contributed by atoms with Crippen molar-refractivity contribution in [1.29, 1.82) is 0 Å². The topological polar surface area (TPSA) is 108 Å². The van der Waals surface area contributed by atoms with Crippen molar-refractivity contribution < 1.29 is 23.8 Å². The number of aryl methyl sites for hydroxylation is 1. The molecule has 11 heteroatoms. The number of carbonyl (C=O) groups is 2. The van der Waals surface area contributed by atoms with Gasteiger partial charge < -0.3 is 24.4 Å². The van der Waals surface area contributed by atoms with Crippen LogP contribution in [0.5, 0.6) is 0 Å². The van der Waals surface area contributed by atoms with E-state index in [-0.39, 0.29) is 24.3 Å². The third kappa shape index (κ3) is 7.45. The molecule has 0 saturated carbocycles. The van der Waals surface area contributed by atoms with E-state index >= 15 is 0 Å². The lowest BCUT2D eigenvalue weighted by Gasteiger charge is -2.31. The van der Waals surface area contributed by atoms with Gasteiger partial charge in [0.05, 0.1) is 37.1 Å². The molecule has 2 aromatic heterocycles. The zero-order valence-electron chi connectivity index (χ0n) is 21.2. The summed E-state index contributed by atoms with van der Waals surface area (Å²) in [6, 6.07) is 11.7. The normalized spacial score (nSPS) is 14.2. The highest BCUT2D eigenvalue weighted by Crippen LogP contribution is 2.30. The first-order valence-electron chi connectivity index (χ1n) is 12.3. The second-order valence-corrected chi connectivity index (χ2v) is 9.63. The van der Waals surface area contributed by atoms with Gasteiger partial charge in [-0.3, -0.25) is 14.3 Å². The van der Waals surface area contributed by atoms with Crippen molar-refractivity contribution in [3.05, 3.63) is 52.5 Å². The highest BCUT2D eigenvalue weighted by atomic mass is 32.1. The number of amides is 2. The van der Waals surface area contributed by atoms with Crippen molar-refractivity contribution in [2.45, 2.75) is 18.8 Å². The summed E-state index contributed by atoms with van der Waals surface area (Å²) in [4.78, 5) is 31.7. The van der Waals surface area contributed by atoms with Gasteiger partial charge in [0.2, 0.25) is 5.91 Å². The summed E-state index contributed by atoms with van der Waals surface area (Å²) in [5, 5.41) is 10.1. The quantitative estimate of drug-likeness (QED) is 0.361. The van der Waals surface area contributed by atoms with E-state index in [9.17, 15) is 9.59 Å². The van der Waals surface area contributed by atoms with E-state index in [1.165, 1.54) is 11.3 Å². The van der Waals surface area contributed by atoms with Gasteiger partial charge in [0.1, 0.15) is 18.1 Å². The van der Waals surface area contributed by atoms with Gasteiger partial charge in [-0.15, -0.1) is 11.3 Å². The molecular formula is C26H33N5O5S. The lowest BCUT2D eigenvalue weighted by atomic mass is 9.97. The molecule has 3 aromatic rings. The van der Waals surface area contributed by atoms with Crippen molar-refractivity contribution in [2.24, 2.45) is 7.05 Å². The maximum Gasteiger partial charge on any atom is 0.276 e.